The molecule has 0 aliphatic carbocycles. The second kappa shape index (κ2) is 4.90. The topological polar surface area (TPSA) is 26.0 Å². The average molecular weight is 195 g/mol. The first-order chi connectivity index (χ1) is 6.27. The lowest BCUT2D eigenvalue weighted by atomic mass is 10.1. The third kappa shape index (κ3) is 2.76. The summed E-state index contributed by atoms with van der Waals surface area (Å²) < 4.78 is 13.1. The Bertz CT molecular complexity index is 352. The van der Waals surface area contributed by atoms with Crippen LogP contribution in [0.5, 0.6) is 0 Å². The Morgan fingerprint density at radius 1 is 1.46 bits per heavy atom. The molecule has 1 rings (SSSR count). The molecule has 0 fully saturated rings. The molecule has 0 radical (unpaired) electrons. The van der Waals surface area contributed by atoms with Gasteiger partial charge in [0.05, 0.1) is 11.3 Å². The molecule has 0 saturated heterocycles. The number of rotatable bonds is 1. The van der Waals surface area contributed by atoms with Crippen LogP contribution in [0.15, 0.2) is 18.2 Å². The number of benzene rings is 1. The molecule has 0 heterocycles. The van der Waals surface area contributed by atoms with E-state index < -0.39 is 0 Å². The fourth-order valence-electron chi connectivity index (χ4n) is 0.930. The lowest BCUT2D eigenvalue weighted by molar-refractivity contribution is 0.623. The highest BCUT2D eigenvalue weighted by atomic mass is 32.1. The predicted molar refractivity (Wildman–Crippen MR) is 55.0 cm³/mol. The van der Waals surface area contributed by atoms with Gasteiger partial charge in [0, 0.05) is 6.54 Å². The van der Waals surface area contributed by atoms with Crippen LogP contribution in [-0.4, -0.2) is 5.75 Å². The van der Waals surface area contributed by atoms with Crippen LogP contribution in [0.4, 0.5) is 4.39 Å². The summed E-state index contributed by atoms with van der Waals surface area (Å²) in [6, 6.07) is 4.69. The summed E-state index contributed by atoms with van der Waals surface area (Å²) in [6.45, 7) is 0.399. The van der Waals surface area contributed by atoms with Gasteiger partial charge in [-0.3, -0.25) is 0 Å². The summed E-state index contributed by atoms with van der Waals surface area (Å²) in [5.74, 6) is 5.48. The van der Waals surface area contributed by atoms with Crippen molar-refractivity contribution in [2.24, 2.45) is 5.73 Å². The summed E-state index contributed by atoms with van der Waals surface area (Å²) in [5, 5.41) is 0. The van der Waals surface area contributed by atoms with Crippen molar-refractivity contribution in [3.05, 3.63) is 35.1 Å². The van der Waals surface area contributed by atoms with E-state index >= 15 is 0 Å². The minimum Gasteiger partial charge on any atom is -0.326 e. The van der Waals surface area contributed by atoms with Crippen LogP contribution in [0.25, 0.3) is 0 Å². The molecule has 0 saturated carbocycles. The van der Waals surface area contributed by atoms with E-state index in [-0.39, 0.29) is 5.82 Å². The minimum atomic E-state index is -0.313. The van der Waals surface area contributed by atoms with Gasteiger partial charge in [0.1, 0.15) is 5.82 Å². The highest BCUT2D eigenvalue weighted by Gasteiger charge is 1.98. The molecule has 1 aromatic rings. The lowest BCUT2D eigenvalue weighted by Gasteiger charge is -1.98. The maximum atomic E-state index is 13.1. The number of thiol groups is 1. The first kappa shape index (κ1) is 10.1. The highest BCUT2D eigenvalue weighted by Crippen LogP contribution is 2.08. The minimum absolute atomic E-state index is 0.313. The summed E-state index contributed by atoms with van der Waals surface area (Å²) in [6.07, 6.45) is 0. The van der Waals surface area contributed by atoms with E-state index in [4.69, 9.17) is 5.73 Å². The van der Waals surface area contributed by atoms with Crippen LogP contribution < -0.4 is 5.73 Å². The summed E-state index contributed by atoms with van der Waals surface area (Å²) in [7, 11) is 0. The highest BCUT2D eigenvalue weighted by molar-refractivity contribution is 7.80. The van der Waals surface area contributed by atoms with Crippen molar-refractivity contribution in [1.29, 1.82) is 0 Å². The number of nitrogens with two attached hydrogens (primary N) is 1. The van der Waals surface area contributed by atoms with Gasteiger partial charge in [0.2, 0.25) is 0 Å². The molecule has 0 bridgehead atoms. The van der Waals surface area contributed by atoms with Crippen molar-refractivity contribution in [3.63, 3.8) is 0 Å². The SMILES string of the molecule is NCc1ccc(F)c(C#CCS)c1. The Kier molecular flexibility index (Phi) is 3.81. The van der Waals surface area contributed by atoms with E-state index in [9.17, 15) is 4.39 Å². The molecule has 0 unspecified atom stereocenters. The molecular formula is C10H10FNS. The molecule has 0 aliphatic rings. The van der Waals surface area contributed by atoms with Gasteiger partial charge in [-0.25, -0.2) is 4.39 Å². The zero-order valence-corrected chi connectivity index (χ0v) is 7.94. The van der Waals surface area contributed by atoms with Gasteiger partial charge in [0.15, 0.2) is 0 Å². The predicted octanol–water partition coefficient (Wildman–Crippen LogP) is 1.57. The third-order valence-electron chi connectivity index (χ3n) is 1.57. The van der Waals surface area contributed by atoms with E-state index in [1.807, 2.05) is 0 Å². The number of halogens is 1. The fourth-order valence-corrected chi connectivity index (χ4v) is 1.01. The van der Waals surface area contributed by atoms with E-state index in [2.05, 4.69) is 24.5 Å². The number of hydrogen-bond acceptors (Lipinski definition) is 2. The van der Waals surface area contributed by atoms with Gasteiger partial charge in [-0.15, -0.1) is 0 Å². The molecule has 0 atom stereocenters. The molecular weight excluding hydrogens is 185 g/mol. The van der Waals surface area contributed by atoms with Crippen LogP contribution in [0.2, 0.25) is 0 Å². The van der Waals surface area contributed by atoms with Crippen molar-refractivity contribution in [3.8, 4) is 11.8 Å². The van der Waals surface area contributed by atoms with Crippen LogP contribution in [-0.2, 0) is 6.54 Å². The Balaban J connectivity index is 3.04. The van der Waals surface area contributed by atoms with Crippen molar-refractivity contribution < 1.29 is 4.39 Å². The Morgan fingerprint density at radius 2 is 2.23 bits per heavy atom. The Hall–Kier alpha value is -0.980. The van der Waals surface area contributed by atoms with Crippen LogP contribution in [0.1, 0.15) is 11.1 Å². The fraction of sp³-hybridized carbons (Fsp3) is 0.200. The quantitative estimate of drug-likeness (QED) is 0.516. The van der Waals surface area contributed by atoms with Gasteiger partial charge in [-0.05, 0) is 17.7 Å². The lowest BCUT2D eigenvalue weighted by Crippen LogP contribution is -1.97. The van der Waals surface area contributed by atoms with Crippen LogP contribution in [0.3, 0.4) is 0 Å². The molecule has 68 valence electrons. The molecule has 0 amide bonds. The van der Waals surface area contributed by atoms with Gasteiger partial charge < -0.3 is 5.73 Å². The summed E-state index contributed by atoms with van der Waals surface area (Å²) >= 11 is 3.91. The molecule has 13 heavy (non-hydrogen) atoms. The maximum Gasteiger partial charge on any atom is 0.138 e. The second-order valence-corrected chi connectivity index (χ2v) is 2.79. The molecule has 3 heteroatoms. The molecule has 1 aromatic carbocycles. The molecule has 0 aliphatic heterocycles. The number of hydrogen-bond donors (Lipinski definition) is 2. The van der Waals surface area contributed by atoms with Gasteiger partial charge in [-0.1, -0.05) is 17.9 Å². The van der Waals surface area contributed by atoms with Gasteiger partial charge >= 0.3 is 0 Å². The van der Waals surface area contributed by atoms with Crippen molar-refractivity contribution in [2.75, 3.05) is 5.75 Å². The van der Waals surface area contributed by atoms with E-state index in [0.717, 1.165) is 5.56 Å². The van der Waals surface area contributed by atoms with Crippen molar-refractivity contribution >= 4 is 12.6 Å². The van der Waals surface area contributed by atoms with Crippen LogP contribution >= 0.6 is 12.6 Å². The second-order valence-electron chi connectivity index (χ2n) is 2.48. The maximum absolute atomic E-state index is 13.1. The van der Waals surface area contributed by atoms with Gasteiger partial charge in [-0.2, -0.15) is 12.6 Å². The zero-order valence-electron chi connectivity index (χ0n) is 7.05. The van der Waals surface area contributed by atoms with E-state index in [1.54, 1.807) is 12.1 Å². The smallest absolute Gasteiger partial charge is 0.138 e. The van der Waals surface area contributed by atoms with E-state index in [1.165, 1.54) is 6.07 Å². The van der Waals surface area contributed by atoms with Crippen LogP contribution in [0, 0.1) is 17.7 Å². The largest absolute Gasteiger partial charge is 0.326 e. The summed E-state index contributed by atoms with van der Waals surface area (Å²) in [4.78, 5) is 0. The monoisotopic (exact) mass is 195 g/mol. The third-order valence-corrected chi connectivity index (χ3v) is 1.73. The molecule has 1 nitrogen and oxygen atoms in total. The van der Waals surface area contributed by atoms with Crippen molar-refractivity contribution in [1.82, 2.24) is 0 Å². The zero-order chi connectivity index (χ0) is 9.68. The average Bonchev–Trinajstić information content (AvgIpc) is 2.17. The molecule has 0 spiro atoms. The first-order valence-electron chi connectivity index (χ1n) is 3.86. The summed E-state index contributed by atoms with van der Waals surface area (Å²) in [5.41, 5.74) is 6.68. The molecule has 2 N–H and O–H groups in total. The standard InChI is InChI=1S/C10H10FNS/c11-10-4-3-8(7-12)6-9(10)2-1-5-13/h3-4,6,13H,5,7,12H2. The van der Waals surface area contributed by atoms with Gasteiger partial charge in [0.25, 0.3) is 0 Å². The first-order valence-corrected chi connectivity index (χ1v) is 4.49. The van der Waals surface area contributed by atoms with Crippen molar-refractivity contribution in [2.45, 2.75) is 6.54 Å². The Labute approximate surface area is 82.6 Å². The molecule has 0 aromatic heterocycles. The van der Waals surface area contributed by atoms with E-state index in [0.29, 0.717) is 17.9 Å². The normalized spacial score (nSPS) is 9.15. The Morgan fingerprint density at radius 3 is 2.85 bits per heavy atom.